The van der Waals surface area contributed by atoms with E-state index in [1.54, 1.807) is 0 Å². The number of aryl methyl sites for hydroxylation is 2. The smallest absolute Gasteiger partial charge is 1.00 e. The molecular formula is C15H17ClMgOSi. The van der Waals surface area contributed by atoms with Gasteiger partial charge in [0.05, 0.1) is 0 Å². The van der Waals surface area contributed by atoms with Crippen molar-refractivity contribution >= 4 is 41.7 Å². The Kier molecular flexibility index (Phi) is 7.33. The minimum absolute atomic E-state index is 0. The molecule has 2 aromatic carbocycles. The van der Waals surface area contributed by atoms with Crippen LogP contribution in [0.2, 0.25) is 6.55 Å². The van der Waals surface area contributed by atoms with E-state index in [-0.39, 0.29) is 35.5 Å². The molecule has 0 radical (unpaired) electrons. The molecule has 0 amide bonds. The van der Waals surface area contributed by atoms with Crippen molar-refractivity contribution in [3.63, 3.8) is 0 Å². The van der Waals surface area contributed by atoms with Gasteiger partial charge in [-0.2, -0.15) is 0 Å². The molecule has 1 nitrogen and oxygen atoms in total. The molecule has 0 bridgehead atoms. The standard InChI is InChI=1S/C15H17OSi.ClH.Mg/c1-12-8-4-6-10-14(12)17(3,16)15-11-7-5-9-13(15)2;;/h4-11H,1-3H3;1H;/q-1;;+2/p-1. The molecule has 0 heterocycles. The van der Waals surface area contributed by atoms with Gasteiger partial charge in [0.2, 0.25) is 0 Å². The fourth-order valence-corrected chi connectivity index (χ4v) is 5.15. The average molecular weight is 301 g/mol. The Labute approximate surface area is 138 Å². The van der Waals surface area contributed by atoms with Crippen LogP contribution in [0.15, 0.2) is 48.5 Å². The van der Waals surface area contributed by atoms with Crippen molar-refractivity contribution in [2.75, 3.05) is 0 Å². The summed E-state index contributed by atoms with van der Waals surface area (Å²) in [7, 11) is -2.79. The van der Waals surface area contributed by atoms with Crippen molar-refractivity contribution < 1.29 is 17.2 Å². The maximum atomic E-state index is 13.1. The minimum Gasteiger partial charge on any atom is -1.00 e. The van der Waals surface area contributed by atoms with E-state index >= 15 is 0 Å². The second-order valence-corrected chi connectivity index (χ2v) is 7.81. The van der Waals surface area contributed by atoms with Gasteiger partial charge in [0, 0.05) is 8.32 Å². The first-order valence-electron chi connectivity index (χ1n) is 5.86. The summed E-state index contributed by atoms with van der Waals surface area (Å²) in [5, 5.41) is 1.99. The van der Waals surface area contributed by atoms with Crippen molar-refractivity contribution in [2.45, 2.75) is 20.4 Å². The maximum Gasteiger partial charge on any atom is 2.00 e. The molecule has 0 saturated heterocycles. The van der Waals surface area contributed by atoms with Gasteiger partial charge in [-0.3, -0.25) is 0 Å². The van der Waals surface area contributed by atoms with E-state index in [9.17, 15) is 4.80 Å². The van der Waals surface area contributed by atoms with E-state index in [2.05, 4.69) is 0 Å². The summed E-state index contributed by atoms with van der Waals surface area (Å²) in [6, 6.07) is 15.9. The van der Waals surface area contributed by atoms with Crippen molar-refractivity contribution in [3.8, 4) is 0 Å². The fraction of sp³-hybridized carbons (Fsp3) is 0.200. The van der Waals surface area contributed by atoms with Crippen LogP contribution in [0.25, 0.3) is 0 Å². The third-order valence-corrected chi connectivity index (χ3v) is 6.50. The van der Waals surface area contributed by atoms with Gasteiger partial charge in [-0.05, 0) is 13.8 Å². The first-order valence-corrected chi connectivity index (χ1v) is 8.27. The summed E-state index contributed by atoms with van der Waals surface area (Å²) in [5.74, 6) is 0. The molecule has 0 unspecified atom stereocenters. The Hall–Kier alpha value is -0.327. The van der Waals surface area contributed by atoms with Gasteiger partial charge in [-0.1, -0.05) is 76.6 Å². The zero-order valence-corrected chi connectivity index (χ0v) is 14.8. The Bertz CT molecular complexity index is 496. The number of hydrogen-bond donors (Lipinski definition) is 0. The van der Waals surface area contributed by atoms with Crippen LogP contribution in [-0.4, -0.2) is 31.4 Å². The molecule has 2 aromatic rings. The van der Waals surface area contributed by atoms with Crippen molar-refractivity contribution in [1.82, 2.24) is 0 Å². The molecule has 0 atom stereocenters. The maximum absolute atomic E-state index is 13.1. The molecule has 0 aromatic heterocycles. The number of rotatable bonds is 2. The van der Waals surface area contributed by atoms with Crippen LogP contribution in [0, 0.1) is 13.8 Å². The van der Waals surface area contributed by atoms with E-state index in [4.69, 9.17) is 0 Å². The molecule has 0 aliphatic heterocycles. The van der Waals surface area contributed by atoms with Crippen LogP contribution in [-0.2, 0) is 0 Å². The second kappa shape index (κ2) is 7.45. The van der Waals surface area contributed by atoms with Gasteiger partial charge in [-0.15, -0.1) is 0 Å². The molecule has 0 aliphatic rings. The van der Waals surface area contributed by atoms with Crippen LogP contribution in [0.3, 0.4) is 0 Å². The Morgan fingerprint density at radius 1 is 0.789 bits per heavy atom. The van der Waals surface area contributed by atoms with Crippen LogP contribution < -0.4 is 27.6 Å². The number of benzene rings is 2. The van der Waals surface area contributed by atoms with Gasteiger partial charge >= 0.3 is 23.1 Å². The third-order valence-electron chi connectivity index (χ3n) is 3.32. The minimum atomic E-state index is -2.79. The van der Waals surface area contributed by atoms with Crippen LogP contribution >= 0.6 is 0 Å². The van der Waals surface area contributed by atoms with Crippen molar-refractivity contribution in [2.24, 2.45) is 0 Å². The zero-order valence-electron chi connectivity index (χ0n) is 11.6. The summed E-state index contributed by atoms with van der Waals surface area (Å²) < 4.78 is 0. The molecule has 0 aliphatic carbocycles. The summed E-state index contributed by atoms with van der Waals surface area (Å²) in [5.41, 5.74) is 2.22. The molecule has 0 fully saturated rings. The van der Waals surface area contributed by atoms with Crippen LogP contribution in [0.4, 0.5) is 0 Å². The molecule has 0 N–H and O–H groups in total. The molecule has 0 saturated carbocycles. The van der Waals surface area contributed by atoms with Crippen molar-refractivity contribution in [3.05, 3.63) is 59.7 Å². The molecule has 4 heteroatoms. The predicted octanol–water partition coefficient (Wildman–Crippen LogP) is -2.02. The monoisotopic (exact) mass is 300 g/mol. The van der Waals surface area contributed by atoms with Gasteiger partial charge < -0.3 is 17.2 Å². The topological polar surface area (TPSA) is 23.1 Å². The van der Waals surface area contributed by atoms with Gasteiger partial charge in [-0.25, -0.2) is 0 Å². The van der Waals surface area contributed by atoms with E-state index in [0.29, 0.717) is 0 Å². The first-order chi connectivity index (χ1) is 8.03. The predicted molar refractivity (Wildman–Crippen MR) is 79.0 cm³/mol. The van der Waals surface area contributed by atoms with Crippen molar-refractivity contribution in [1.29, 1.82) is 0 Å². The average Bonchev–Trinajstić information content (AvgIpc) is 2.29. The molecule has 0 spiro atoms. The molecule has 19 heavy (non-hydrogen) atoms. The number of halogens is 1. The SMILES string of the molecule is Cc1ccccc1[Si](C)([O-])c1ccccc1C.[Cl-].[Mg+2]. The Morgan fingerprint density at radius 3 is 1.42 bits per heavy atom. The number of hydrogen-bond acceptors (Lipinski definition) is 1. The quantitative estimate of drug-likeness (QED) is 0.587. The fourth-order valence-electron chi connectivity index (χ4n) is 2.36. The summed E-state index contributed by atoms with van der Waals surface area (Å²) in [6.07, 6.45) is 0. The molecule has 96 valence electrons. The summed E-state index contributed by atoms with van der Waals surface area (Å²) in [6.45, 7) is 5.94. The second-order valence-electron chi connectivity index (χ2n) is 4.66. The Morgan fingerprint density at radius 2 is 1.11 bits per heavy atom. The first kappa shape index (κ1) is 18.7. The normalized spacial score (nSPS) is 10.3. The summed E-state index contributed by atoms with van der Waals surface area (Å²) in [4.78, 5) is 13.1. The summed E-state index contributed by atoms with van der Waals surface area (Å²) >= 11 is 0. The van der Waals surface area contributed by atoms with Crippen LogP contribution in [0.1, 0.15) is 11.1 Å². The van der Waals surface area contributed by atoms with E-state index < -0.39 is 8.32 Å². The van der Waals surface area contributed by atoms with Gasteiger partial charge in [0.25, 0.3) is 0 Å². The van der Waals surface area contributed by atoms with E-state index in [1.807, 2.05) is 68.9 Å². The van der Waals surface area contributed by atoms with Gasteiger partial charge in [0.15, 0.2) is 0 Å². The molecular weight excluding hydrogens is 284 g/mol. The zero-order chi connectivity index (χ0) is 12.5. The van der Waals surface area contributed by atoms with E-state index in [1.165, 1.54) is 0 Å². The third kappa shape index (κ3) is 3.83. The van der Waals surface area contributed by atoms with E-state index in [0.717, 1.165) is 21.5 Å². The Balaban J connectivity index is 0.00000162. The van der Waals surface area contributed by atoms with Crippen LogP contribution in [0.5, 0.6) is 0 Å². The molecule has 2 rings (SSSR count). The largest absolute Gasteiger partial charge is 2.00 e. The van der Waals surface area contributed by atoms with Gasteiger partial charge in [0.1, 0.15) is 0 Å².